The van der Waals surface area contributed by atoms with Gasteiger partial charge < -0.3 is 15.2 Å². The highest BCUT2D eigenvalue weighted by Crippen LogP contribution is 2.60. The first-order chi connectivity index (χ1) is 14.1. The van der Waals surface area contributed by atoms with Crippen molar-refractivity contribution in [1.29, 1.82) is 0 Å². The Labute approximate surface area is 178 Å². The Kier molecular flexibility index (Phi) is 6.82. The van der Waals surface area contributed by atoms with Crippen molar-refractivity contribution in [2.24, 2.45) is 28.6 Å². The van der Waals surface area contributed by atoms with Crippen molar-refractivity contribution >= 4 is 23.3 Å². The van der Waals surface area contributed by atoms with Gasteiger partial charge in [0.25, 0.3) is 0 Å². The molecule has 168 valence electrons. The smallest absolute Gasteiger partial charge is 0.220 e. The SMILES string of the molecule is CCOC(O)CCNC(=O)CC[C@@]1(C)C(=O)CC[C@@H]2[C@@H]1C(=O)C[C@]1(C)C(=O)CC[C@@H]21. The average molecular weight is 422 g/mol. The van der Waals surface area contributed by atoms with E-state index in [0.717, 1.165) is 6.42 Å². The molecule has 1 unspecified atom stereocenters. The summed E-state index contributed by atoms with van der Waals surface area (Å²) in [5.74, 6) is -0.112. The molecular formula is C23H35NO6. The largest absolute Gasteiger partial charge is 0.368 e. The lowest BCUT2D eigenvalue weighted by Crippen LogP contribution is -2.56. The molecule has 0 aliphatic heterocycles. The quantitative estimate of drug-likeness (QED) is 0.582. The topological polar surface area (TPSA) is 110 Å². The fraction of sp³-hybridized carbons (Fsp3) is 0.826. The van der Waals surface area contributed by atoms with Crippen LogP contribution in [0.2, 0.25) is 0 Å². The van der Waals surface area contributed by atoms with Crippen LogP contribution in [0.25, 0.3) is 0 Å². The van der Waals surface area contributed by atoms with E-state index in [0.29, 0.717) is 38.7 Å². The van der Waals surface area contributed by atoms with E-state index in [1.165, 1.54) is 0 Å². The lowest BCUT2D eigenvalue weighted by atomic mass is 9.48. The molecular weight excluding hydrogens is 386 g/mol. The summed E-state index contributed by atoms with van der Waals surface area (Å²) in [6.45, 7) is 6.25. The lowest BCUT2D eigenvalue weighted by Gasteiger charge is -2.52. The van der Waals surface area contributed by atoms with Crippen molar-refractivity contribution in [3.8, 4) is 0 Å². The number of fused-ring (bicyclic) bond motifs is 3. The lowest BCUT2D eigenvalue weighted by molar-refractivity contribution is -0.160. The van der Waals surface area contributed by atoms with Gasteiger partial charge in [0.15, 0.2) is 6.29 Å². The number of nitrogens with one attached hydrogen (secondary N) is 1. The Morgan fingerprint density at radius 1 is 1.20 bits per heavy atom. The predicted octanol–water partition coefficient (Wildman–Crippen LogP) is 2.19. The van der Waals surface area contributed by atoms with E-state index in [-0.39, 0.29) is 54.5 Å². The van der Waals surface area contributed by atoms with Gasteiger partial charge >= 0.3 is 0 Å². The van der Waals surface area contributed by atoms with Gasteiger partial charge in [-0.15, -0.1) is 0 Å². The van der Waals surface area contributed by atoms with Crippen molar-refractivity contribution in [2.45, 2.75) is 78.4 Å². The zero-order valence-corrected chi connectivity index (χ0v) is 18.4. The van der Waals surface area contributed by atoms with Crippen LogP contribution in [0.1, 0.15) is 72.1 Å². The second kappa shape index (κ2) is 8.87. The van der Waals surface area contributed by atoms with Crippen LogP contribution in [0, 0.1) is 28.6 Å². The van der Waals surface area contributed by atoms with Gasteiger partial charge in [-0.05, 0) is 38.0 Å². The number of amides is 1. The zero-order chi connectivity index (χ0) is 22.1. The second-order valence-electron chi connectivity index (χ2n) is 9.70. The molecule has 0 aromatic heterocycles. The molecule has 30 heavy (non-hydrogen) atoms. The van der Waals surface area contributed by atoms with Crippen LogP contribution >= 0.6 is 0 Å². The standard InChI is InChI=1S/C23H35NO6/c1-4-30-20(29)10-12-24-19(28)9-11-22(2)17(26)7-5-14-15-6-8-18(27)23(15,3)13-16(25)21(14)22/h14-15,20-21,29H,4-13H2,1-3H3,(H,24,28)/t14-,15-,20?,21+,22-,23-/m0/s1. The van der Waals surface area contributed by atoms with E-state index in [2.05, 4.69) is 5.32 Å². The summed E-state index contributed by atoms with van der Waals surface area (Å²) in [6, 6.07) is 0. The Hall–Kier alpha value is -1.60. The fourth-order valence-corrected chi connectivity index (χ4v) is 6.28. The monoisotopic (exact) mass is 421 g/mol. The van der Waals surface area contributed by atoms with Crippen LogP contribution in [0.15, 0.2) is 0 Å². The van der Waals surface area contributed by atoms with Gasteiger partial charge in [-0.2, -0.15) is 0 Å². The summed E-state index contributed by atoms with van der Waals surface area (Å²) in [7, 11) is 0. The summed E-state index contributed by atoms with van der Waals surface area (Å²) in [5, 5.41) is 12.3. The number of aliphatic hydroxyl groups is 1. The maximum Gasteiger partial charge on any atom is 0.220 e. The van der Waals surface area contributed by atoms with Crippen molar-refractivity contribution < 1.29 is 29.0 Å². The Morgan fingerprint density at radius 2 is 1.90 bits per heavy atom. The number of hydrogen-bond donors (Lipinski definition) is 2. The van der Waals surface area contributed by atoms with E-state index in [1.54, 1.807) is 6.92 Å². The van der Waals surface area contributed by atoms with E-state index in [9.17, 15) is 24.3 Å². The van der Waals surface area contributed by atoms with Crippen LogP contribution in [0.3, 0.4) is 0 Å². The minimum Gasteiger partial charge on any atom is -0.368 e. The molecule has 3 saturated carbocycles. The molecule has 0 saturated heterocycles. The highest BCUT2D eigenvalue weighted by atomic mass is 16.6. The van der Waals surface area contributed by atoms with Gasteiger partial charge in [0, 0.05) is 62.0 Å². The normalized spacial score (nSPS) is 36.9. The molecule has 2 N–H and O–H groups in total. The van der Waals surface area contributed by atoms with Crippen LogP contribution in [0.4, 0.5) is 0 Å². The van der Waals surface area contributed by atoms with E-state index >= 15 is 0 Å². The summed E-state index contributed by atoms with van der Waals surface area (Å²) in [5.41, 5.74) is -1.42. The molecule has 1 amide bonds. The number of carbonyl (C=O) groups excluding carboxylic acids is 4. The Bertz CT molecular complexity index is 720. The predicted molar refractivity (Wildman–Crippen MR) is 109 cm³/mol. The van der Waals surface area contributed by atoms with Crippen molar-refractivity contribution in [1.82, 2.24) is 5.32 Å². The highest BCUT2D eigenvalue weighted by molar-refractivity contribution is 5.99. The molecule has 0 radical (unpaired) electrons. The third-order valence-electron chi connectivity index (χ3n) is 7.94. The number of aliphatic hydroxyl groups excluding tert-OH is 1. The summed E-state index contributed by atoms with van der Waals surface area (Å²) in [6.07, 6.45) is 2.51. The second-order valence-corrected chi connectivity index (χ2v) is 9.70. The summed E-state index contributed by atoms with van der Waals surface area (Å²) >= 11 is 0. The Balaban J connectivity index is 1.65. The number of carbonyl (C=O) groups is 4. The van der Waals surface area contributed by atoms with Crippen molar-refractivity contribution in [3.63, 3.8) is 0 Å². The number of ketones is 3. The Morgan fingerprint density at radius 3 is 2.60 bits per heavy atom. The zero-order valence-electron chi connectivity index (χ0n) is 18.4. The van der Waals surface area contributed by atoms with Gasteiger partial charge in [0.2, 0.25) is 5.91 Å². The maximum absolute atomic E-state index is 13.2. The average Bonchev–Trinajstić information content (AvgIpc) is 2.97. The molecule has 3 fully saturated rings. The molecule has 7 heteroatoms. The van der Waals surface area contributed by atoms with E-state index in [4.69, 9.17) is 4.74 Å². The van der Waals surface area contributed by atoms with Crippen molar-refractivity contribution in [2.75, 3.05) is 13.2 Å². The van der Waals surface area contributed by atoms with Gasteiger partial charge in [-0.25, -0.2) is 0 Å². The molecule has 3 aliphatic rings. The summed E-state index contributed by atoms with van der Waals surface area (Å²) in [4.78, 5) is 50.9. The highest BCUT2D eigenvalue weighted by Gasteiger charge is 2.62. The third-order valence-corrected chi connectivity index (χ3v) is 7.94. The van der Waals surface area contributed by atoms with Crippen LogP contribution in [0.5, 0.6) is 0 Å². The maximum atomic E-state index is 13.2. The summed E-state index contributed by atoms with van der Waals surface area (Å²) < 4.78 is 5.03. The first kappa shape index (κ1) is 23.1. The molecule has 6 atom stereocenters. The molecule has 3 aliphatic carbocycles. The molecule has 0 bridgehead atoms. The number of Topliss-reactive ketones (excluding diaryl/α,β-unsaturated/α-hetero) is 3. The number of hydrogen-bond acceptors (Lipinski definition) is 6. The minimum atomic E-state index is -0.906. The number of rotatable bonds is 8. The third kappa shape index (κ3) is 4.11. The molecule has 7 nitrogen and oxygen atoms in total. The van der Waals surface area contributed by atoms with Gasteiger partial charge in [0.05, 0.1) is 0 Å². The molecule has 0 spiro atoms. The van der Waals surface area contributed by atoms with E-state index in [1.807, 2.05) is 13.8 Å². The van der Waals surface area contributed by atoms with Crippen LogP contribution in [-0.2, 0) is 23.9 Å². The molecule has 0 heterocycles. The van der Waals surface area contributed by atoms with Crippen molar-refractivity contribution in [3.05, 3.63) is 0 Å². The van der Waals surface area contributed by atoms with Gasteiger partial charge in [-0.3, -0.25) is 19.2 Å². The molecule has 0 aromatic carbocycles. The molecule has 3 rings (SSSR count). The van der Waals surface area contributed by atoms with Crippen LogP contribution in [-0.4, -0.2) is 47.8 Å². The first-order valence-corrected chi connectivity index (χ1v) is 11.3. The fourth-order valence-electron chi connectivity index (χ4n) is 6.28. The molecule has 0 aromatic rings. The van der Waals surface area contributed by atoms with Gasteiger partial charge in [0.1, 0.15) is 17.3 Å². The van der Waals surface area contributed by atoms with Gasteiger partial charge in [-0.1, -0.05) is 13.8 Å². The first-order valence-electron chi connectivity index (χ1n) is 11.3. The minimum absolute atomic E-state index is 0.0183. The van der Waals surface area contributed by atoms with Crippen LogP contribution < -0.4 is 5.32 Å². The van der Waals surface area contributed by atoms with E-state index < -0.39 is 23.0 Å². The number of ether oxygens (including phenoxy) is 1.